The van der Waals surface area contributed by atoms with E-state index in [0.717, 1.165) is 0 Å². The van der Waals surface area contributed by atoms with Crippen molar-refractivity contribution in [3.8, 4) is 0 Å². The zero-order chi connectivity index (χ0) is 13.7. The molecule has 1 aromatic rings. The molecule has 1 aromatic carbocycles. The second kappa shape index (κ2) is 6.44. The van der Waals surface area contributed by atoms with Gasteiger partial charge in [0.05, 0.1) is 6.54 Å². The van der Waals surface area contributed by atoms with E-state index < -0.39 is 11.6 Å². The summed E-state index contributed by atoms with van der Waals surface area (Å²) in [5, 5.41) is 0. The van der Waals surface area contributed by atoms with Crippen molar-refractivity contribution in [1.82, 2.24) is 4.90 Å². The lowest BCUT2D eigenvalue weighted by Crippen LogP contribution is -2.34. The molecule has 0 saturated carbocycles. The van der Waals surface area contributed by atoms with Gasteiger partial charge in [-0.05, 0) is 26.0 Å². The molecule has 0 aliphatic heterocycles. The van der Waals surface area contributed by atoms with E-state index in [0.29, 0.717) is 6.54 Å². The summed E-state index contributed by atoms with van der Waals surface area (Å²) >= 11 is 0. The zero-order valence-corrected chi connectivity index (χ0v) is 10.6. The Hall–Kier alpha value is -1.49. The molecule has 0 radical (unpaired) electrons. The summed E-state index contributed by atoms with van der Waals surface area (Å²) in [4.78, 5) is 13.2. The van der Waals surface area contributed by atoms with E-state index >= 15 is 0 Å². The Labute approximate surface area is 106 Å². The summed E-state index contributed by atoms with van der Waals surface area (Å²) in [6.45, 7) is 3.80. The van der Waals surface area contributed by atoms with Gasteiger partial charge < -0.3 is 10.6 Å². The molecule has 0 saturated heterocycles. The number of nitrogens with zero attached hydrogens (tertiary/aromatic N) is 1. The molecular weight excluding hydrogens is 238 g/mol. The molecule has 0 fully saturated rings. The van der Waals surface area contributed by atoms with E-state index in [4.69, 9.17) is 5.73 Å². The first-order valence-corrected chi connectivity index (χ1v) is 5.92. The summed E-state index contributed by atoms with van der Waals surface area (Å²) in [7, 11) is 0. The van der Waals surface area contributed by atoms with Gasteiger partial charge in [0.25, 0.3) is 0 Å². The molecular formula is C13H18F2N2O. The number of nitrogens with two attached hydrogens (primary N) is 1. The first-order chi connectivity index (χ1) is 8.45. The van der Waals surface area contributed by atoms with Crippen LogP contribution in [0.5, 0.6) is 0 Å². The van der Waals surface area contributed by atoms with Crippen molar-refractivity contribution < 1.29 is 13.6 Å². The van der Waals surface area contributed by atoms with Gasteiger partial charge in [-0.25, -0.2) is 8.78 Å². The highest BCUT2D eigenvalue weighted by atomic mass is 19.1. The first kappa shape index (κ1) is 14.6. The highest BCUT2D eigenvalue weighted by Gasteiger charge is 2.17. The second-order valence-electron chi connectivity index (χ2n) is 4.29. The third kappa shape index (κ3) is 3.77. The molecule has 1 rings (SSSR count). The summed E-state index contributed by atoms with van der Waals surface area (Å²) in [6.07, 6.45) is 0.171. The van der Waals surface area contributed by atoms with Crippen LogP contribution in [-0.4, -0.2) is 23.4 Å². The standard InChI is InChI=1S/C13H18F2N2O/c1-3-17(13(18)7-9(2)16)8-10-11(14)5-4-6-12(10)15/h4-6,9H,3,7-8,16H2,1-2H3. The fraction of sp³-hybridized carbons (Fsp3) is 0.462. The highest BCUT2D eigenvalue weighted by Crippen LogP contribution is 2.15. The fourth-order valence-electron chi connectivity index (χ4n) is 1.66. The molecule has 0 heterocycles. The molecule has 0 bridgehead atoms. The zero-order valence-electron chi connectivity index (χ0n) is 10.6. The number of halogens is 2. The van der Waals surface area contributed by atoms with Gasteiger partial charge in [0.2, 0.25) is 5.91 Å². The molecule has 1 amide bonds. The van der Waals surface area contributed by atoms with Crippen LogP contribution < -0.4 is 5.73 Å². The van der Waals surface area contributed by atoms with E-state index in [1.165, 1.54) is 23.1 Å². The lowest BCUT2D eigenvalue weighted by Gasteiger charge is -2.22. The van der Waals surface area contributed by atoms with E-state index in [-0.39, 0.29) is 30.5 Å². The topological polar surface area (TPSA) is 46.3 Å². The van der Waals surface area contributed by atoms with Gasteiger partial charge in [-0.2, -0.15) is 0 Å². The number of carbonyl (C=O) groups excluding carboxylic acids is 1. The smallest absolute Gasteiger partial charge is 0.224 e. The number of hydrogen-bond donors (Lipinski definition) is 1. The van der Waals surface area contributed by atoms with Crippen LogP contribution in [0.25, 0.3) is 0 Å². The third-order valence-corrected chi connectivity index (χ3v) is 2.64. The van der Waals surface area contributed by atoms with Crippen molar-refractivity contribution in [3.63, 3.8) is 0 Å². The fourth-order valence-corrected chi connectivity index (χ4v) is 1.66. The monoisotopic (exact) mass is 256 g/mol. The van der Waals surface area contributed by atoms with Gasteiger partial charge in [0, 0.05) is 24.6 Å². The minimum atomic E-state index is -0.637. The number of benzene rings is 1. The molecule has 1 unspecified atom stereocenters. The van der Waals surface area contributed by atoms with Gasteiger partial charge in [0.1, 0.15) is 11.6 Å². The van der Waals surface area contributed by atoms with Crippen LogP contribution in [0.4, 0.5) is 8.78 Å². The minimum absolute atomic E-state index is 0.0689. The quantitative estimate of drug-likeness (QED) is 0.876. The maximum absolute atomic E-state index is 13.5. The van der Waals surface area contributed by atoms with Gasteiger partial charge in [-0.1, -0.05) is 6.07 Å². The summed E-state index contributed by atoms with van der Waals surface area (Å²) in [6, 6.07) is 3.40. The van der Waals surface area contributed by atoms with Crippen molar-refractivity contribution in [2.45, 2.75) is 32.9 Å². The van der Waals surface area contributed by atoms with Gasteiger partial charge in [0.15, 0.2) is 0 Å². The lowest BCUT2D eigenvalue weighted by atomic mass is 10.1. The van der Waals surface area contributed by atoms with Crippen LogP contribution in [0.15, 0.2) is 18.2 Å². The van der Waals surface area contributed by atoms with Crippen molar-refractivity contribution in [2.24, 2.45) is 5.73 Å². The number of amides is 1. The Morgan fingerprint density at radius 2 is 1.94 bits per heavy atom. The average molecular weight is 256 g/mol. The van der Waals surface area contributed by atoms with Crippen LogP contribution in [0.1, 0.15) is 25.8 Å². The largest absolute Gasteiger partial charge is 0.338 e. The van der Waals surface area contributed by atoms with Crippen LogP contribution in [0.3, 0.4) is 0 Å². The van der Waals surface area contributed by atoms with Crippen LogP contribution in [-0.2, 0) is 11.3 Å². The third-order valence-electron chi connectivity index (χ3n) is 2.64. The van der Waals surface area contributed by atoms with Crippen molar-refractivity contribution in [2.75, 3.05) is 6.54 Å². The molecule has 5 heteroatoms. The maximum atomic E-state index is 13.5. The molecule has 2 N–H and O–H groups in total. The highest BCUT2D eigenvalue weighted by molar-refractivity contribution is 5.76. The number of rotatable bonds is 5. The maximum Gasteiger partial charge on any atom is 0.224 e. The first-order valence-electron chi connectivity index (χ1n) is 5.92. The van der Waals surface area contributed by atoms with Crippen molar-refractivity contribution >= 4 is 5.91 Å². The predicted octanol–water partition coefficient (Wildman–Crippen LogP) is 2.05. The van der Waals surface area contributed by atoms with Gasteiger partial charge >= 0.3 is 0 Å². The number of carbonyl (C=O) groups is 1. The van der Waals surface area contributed by atoms with Gasteiger partial charge in [-0.3, -0.25) is 4.79 Å². The molecule has 1 atom stereocenters. The number of hydrogen-bond acceptors (Lipinski definition) is 2. The average Bonchev–Trinajstić information content (AvgIpc) is 2.27. The minimum Gasteiger partial charge on any atom is -0.338 e. The SMILES string of the molecule is CCN(Cc1c(F)cccc1F)C(=O)CC(C)N. The van der Waals surface area contributed by atoms with E-state index in [1.807, 2.05) is 0 Å². The van der Waals surface area contributed by atoms with E-state index in [2.05, 4.69) is 0 Å². The molecule has 0 aromatic heterocycles. The van der Waals surface area contributed by atoms with Crippen molar-refractivity contribution in [1.29, 1.82) is 0 Å². The van der Waals surface area contributed by atoms with E-state index in [9.17, 15) is 13.6 Å². The second-order valence-corrected chi connectivity index (χ2v) is 4.29. The Kier molecular flexibility index (Phi) is 5.22. The summed E-state index contributed by atoms with van der Waals surface area (Å²) in [5.74, 6) is -1.47. The Morgan fingerprint density at radius 1 is 1.39 bits per heavy atom. The molecule has 3 nitrogen and oxygen atoms in total. The van der Waals surface area contributed by atoms with E-state index in [1.54, 1.807) is 13.8 Å². The van der Waals surface area contributed by atoms with Crippen molar-refractivity contribution in [3.05, 3.63) is 35.4 Å². The molecule has 100 valence electrons. The van der Waals surface area contributed by atoms with Crippen LogP contribution >= 0.6 is 0 Å². The Morgan fingerprint density at radius 3 is 2.39 bits per heavy atom. The van der Waals surface area contributed by atoms with Crippen LogP contribution in [0.2, 0.25) is 0 Å². The van der Waals surface area contributed by atoms with Crippen LogP contribution in [0, 0.1) is 11.6 Å². The molecule has 0 aliphatic rings. The Bertz CT molecular complexity index is 401. The normalized spacial score (nSPS) is 12.3. The lowest BCUT2D eigenvalue weighted by molar-refractivity contribution is -0.131. The molecule has 0 aliphatic carbocycles. The van der Waals surface area contributed by atoms with Gasteiger partial charge in [-0.15, -0.1) is 0 Å². The molecule has 0 spiro atoms. The summed E-state index contributed by atoms with van der Waals surface area (Å²) < 4.78 is 26.9. The Balaban J connectivity index is 2.83. The molecule has 18 heavy (non-hydrogen) atoms. The summed E-state index contributed by atoms with van der Waals surface area (Å²) in [5.41, 5.74) is 5.46. The predicted molar refractivity (Wildman–Crippen MR) is 65.7 cm³/mol.